The number of methoxy groups -OCH3 is 1. The summed E-state index contributed by atoms with van der Waals surface area (Å²) in [5.74, 6) is -1.23. The van der Waals surface area contributed by atoms with Gasteiger partial charge in [0.15, 0.2) is 6.04 Å². The molecule has 2 amide bonds. The summed E-state index contributed by atoms with van der Waals surface area (Å²) in [6.07, 6.45) is 0.775. The van der Waals surface area contributed by atoms with E-state index in [1.54, 1.807) is 39.0 Å². The summed E-state index contributed by atoms with van der Waals surface area (Å²) in [5.41, 5.74) is -0.342. The molecule has 0 aliphatic heterocycles. The molecule has 2 N–H and O–H groups in total. The number of pyridine rings is 1. The van der Waals surface area contributed by atoms with Crippen LogP contribution in [0.2, 0.25) is 0 Å². The molecule has 0 aromatic carbocycles. The number of nitrogens with zero attached hydrogens (tertiary/aromatic N) is 1. The van der Waals surface area contributed by atoms with Crippen molar-refractivity contribution in [1.29, 1.82) is 0 Å². The van der Waals surface area contributed by atoms with Gasteiger partial charge in [0.25, 0.3) is 0 Å². The highest BCUT2D eigenvalue weighted by Gasteiger charge is 2.28. The Bertz CT molecular complexity index is 583. The molecule has 0 bridgehead atoms. The summed E-state index contributed by atoms with van der Waals surface area (Å²) in [4.78, 5) is 39.9. The molecule has 132 valence electrons. The number of amides is 2. The quantitative estimate of drug-likeness (QED) is 0.785. The van der Waals surface area contributed by atoms with Gasteiger partial charge in [0.2, 0.25) is 5.91 Å². The van der Waals surface area contributed by atoms with Crippen LogP contribution in [0.25, 0.3) is 0 Å². The Labute approximate surface area is 140 Å². The highest BCUT2D eigenvalue weighted by atomic mass is 16.6. The van der Waals surface area contributed by atoms with Crippen LogP contribution in [0.1, 0.15) is 39.4 Å². The second-order valence-electron chi connectivity index (χ2n) is 6.09. The molecule has 1 rings (SSSR count). The van der Waals surface area contributed by atoms with Crippen molar-refractivity contribution in [1.82, 2.24) is 15.6 Å². The zero-order chi connectivity index (χ0) is 18.3. The number of carbonyl (C=O) groups is 3. The Kier molecular flexibility index (Phi) is 6.69. The van der Waals surface area contributed by atoms with E-state index >= 15 is 0 Å². The predicted molar refractivity (Wildman–Crippen MR) is 86.0 cm³/mol. The van der Waals surface area contributed by atoms with Gasteiger partial charge in [-0.25, -0.2) is 9.59 Å². The fourth-order valence-electron chi connectivity index (χ4n) is 1.74. The Morgan fingerprint density at radius 1 is 1.17 bits per heavy atom. The van der Waals surface area contributed by atoms with E-state index in [0.29, 0.717) is 5.69 Å². The number of nitrogens with one attached hydrogen (secondary N) is 2. The molecule has 0 aliphatic carbocycles. The van der Waals surface area contributed by atoms with Gasteiger partial charge >= 0.3 is 12.1 Å². The van der Waals surface area contributed by atoms with E-state index in [-0.39, 0.29) is 0 Å². The van der Waals surface area contributed by atoms with Crippen LogP contribution in [-0.2, 0) is 19.1 Å². The van der Waals surface area contributed by atoms with E-state index in [1.807, 2.05) is 0 Å². The highest BCUT2D eigenvalue weighted by molar-refractivity contribution is 5.89. The standard InChI is InChI=1S/C16H23N3O5/c1-10(18-15(22)24-16(2,3)4)13(20)19-12(14(21)23-5)11-8-6-7-9-17-11/h6-10,12H,1-5H3,(H,18,22)(H,19,20)/t10-,12?/m0/s1. The molecule has 0 spiro atoms. The number of esters is 1. The molecule has 1 aromatic rings. The maximum Gasteiger partial charge on any atom is 0.408 e. The van der Waals surface area contributed by atoms with E-state index in [0.717, 1.165) is 0 Å². The summed E-state index contributed by atoms with van der Waals surface area (Å²) in [5, 5.41) is 4.91. The fraction of sp³-hybridized carbons (Fsp3) is 0.500. The van der Waals surface area contributed by atoms with Crippen molar-refractivity contribution < 1.29 is 23.9 Å². The SMILES string of the molecule is COC(=O)C(NC(=O)[C@H](C)NC(=O)OC(C)(C)C)c1ccccn1. The Morgan fingerprint density at radius 2 is 1.83 bits per heavy atom. The van der Waals surface area contributed by atoms with Crippen LogP contribution in [0.5, 0.6) is 0 Å². The predicted octanol–water partition coefficient (Wildman–Crippen LogP) is 1.33. The van der Waals surface area contributed by atoms with Crippen molar-refractivity contribution in [3.63, 3.8) is 0 Å². The fourth-order valence-corrected chi connectivity index (χ4v) is 1.74. The molecule has 0 saturated heterocycles. The van der Waals surface area contributed by atoms with E-state index in [4.69, 9.17) is 4.74 Å². The van der Waals surface area contributed by atoms with E-state index in [2.05, 4.69) is 20.4 Å². The summed E-state index contributed by atoms with van der Waals surface area (Å²) in [6, 6.07) is 3.00. The van der Waals surface area contributed by atoms with Gasteiger partial charge in [0, 0.05) is 6.20 Å². The second-order valence-corrected chi connectivity index (χ2v) is 6.09. The first-order valence-corrected chi connectivity index (χ1v) is 7.42. The second kappa shape index (κ2) is 8.28. The molecule has 0 fully saturated rings. The van der Waals surface area contributed by atoms with Crippen molar-refractivity contribution in [2.75, 3.05) is 7.11 Å². The van der Waals surface area contributed by atoms with Gasteiger partial charge in [-0.2, -0.15) is 0 Å². The van der Waals surface area contributed by atoms with Gasteiger partial charge < -0.3 is 20.1 Å². The van der Waals surface area contributed by atoms with Gasteiger partial charge in [-0.15, -0.1) is 0 Å². The zero-order valence-corrected chi connectivity index (χ0v) is 14.5. The summed E-state index contributed by atoms with van der Waals surface area (Å²) in [7, 11) is 1.22. The minimum Gasteiger partial charge on any atom is -0.467 e. The number of aromatic nitrogens is 1. The lowest BCUT2D eigenvalue weighted by molar-refractivity contribution is -0.145. The van der Waals surface area contributed by atoms with Gasteiger partial charge in [-0.1, -0.05) is 6.07 Å². The number of ether oxygens (including phenoxy) is 2. The average Bonchev–Trinajstić information content (AvgIpc) is 2.50. The van der Waals surface area contributed by atoms with Crippen LogP contribution in [0.4, 0.5) is 4.79 Å². The molecule has 8 heteroatoms. The summed E-state index contributed by atoms with van der Waals surface area (Å²) < 4.78 is 9.77. The van der Waals surface area contributed by atoms with Gasteiger partial charge in [0.1, 0.15) is 11.6 Å². The molecular formula is C16H23N3O5. The molecule has 1 unspecified atom stereocenters. The number of alkyl carbamates (subject to hydrolysis) is 1. The van der Waals surface area contributed by atoms with Crippen LogP contribution in [0, 0.1) is 0 Å². The van der Waals surface area contributed by atoms with Crippen LogP contribution in [0.3, 0.4) is 0 Å². The van der Waals surface area contributed by atoms with Crippen molar-refractivity contribution in [3.05, 3.63) is 30.1 Å². The molecule has 0 saturated carbocycles. The third-order valence-corrected chi connectivity index (χ3v) is 2.83. The maximum atomic E-state index is 12.2. The lowest BCUT2D eigenvalue weighted by Crippen LogP contribution is -2.48. The molecule has 24 heavy (non-hydrogen) atoms. The average molecular weight is 337 g/mol. The number of hydrogen-bond donors (Lipinski definition) is 2. The number of carbonyl (C=O) groups excluding carboxylic acids is 3. The molecule has 8 nitrogen and oxygen atoms in total. The lowest BCUT2D eigenvalue weighted by atomic mass is 10.1. The van der Waals surface area contributed by atoms with Crippen molar-refractivity contribution >= 4 is 18.0 Å². The first kappa shape index (κ1) is 19.4. The first-order chi connectivity index (χ1) is 11.1. The Balaban J connectivity index is 2.74. The van der Waals surface area contributed by atoms with Gasteiger partial charge in [0.05, 0.1) is 12.8 Å². The third-order valence-electron chi connectivity index (χ3n) is 2.83. The molecule has 1 heterocycles. The Hall–Kier alpha value is -2.64. The normalized spacial score (nSPS) is 13.4. The maximum absolute atomic E-state index is 12.2. The Morgan fingerprint density at radius 3 is 2.33 bits per heavy atom. The van der Waals surface area contributed by atoms with E-state index in [1.165, 1.54) is 20.2 Å². The molecule has 2 atom stereocenters. The van der Waals surface area contributed by atoms with Crippen LogP contribution >= 0.6 is 0 Å². The first-order valence-electron chi connectivity index (χ1n) is 7.42. The lowest BCUT2D eigenvalue weighted by Gasteiger charge is -2.23. The molecule has 1 aromatic heterocycles. The minimum absolute atomic E-state index is 0.335. The van der Waals surface area contributed by atoms with E-state index in [9.17, 15) is 14.4 Å². The van der Waals surface area contributed by atoms with Crippen LogP contribution in [0.15, 0.2) is 24.4 Å². The van der Waals surface area contributed by atoms with Crippen molar-refractivity contribution in [2.45, 2.75) is 45.4 Å². The summed E-state index contributed by atoms with van der Waals surface area (Å²) in [6.45, 7) is 6.62. The van der Waals surface area contributed by atoms with E-state index < -0.39 is 35.7 Å². The largest absolute Gasteiger partial charge is 0.467 e. The summed E-state index contributed by atoms with van der Waals surface area (Å²) >= 11 is 0. The molecule has 0 aliphatic rings. The highest BCUT2D eigenvalue weighted by Crippen LogP contribution is 2.12. The monoisotopic (exact) mass is 337 g/mol. The molecular weight excluding hydrogens is 314 g/mol. The van der Waals surface area contributed by atoms with Gasteiger partial charge in [-0.3, -0.25) is 9.78 Å². The number of hydrogen-bond acceptors (Lipinski definition) is 6. The van der Waals surface area contributed by atoms with Crippen molar-refractivity contribution in [3.8, 4) is 0 Å². The van der Waals surface area contributed by atoms with Crippen LogP contribution in [-0.4, -0.2) is 41.7 Å². The zero-order valence-electron chi connectivity index (χ0n) is 14.5. The number of rotatable bonds is 5. The molecule has 0 radical (unpaired) electrons. The smallest absolute Gasteiger partial charge is 0.408 e. The topological polar surface area (TPSA) is 107 Å². The minimum atomic E-state index is -1.06. The van der Waals surface area contributed by atoms with Gasteiger partial charge in [-0.05, 0) is 39.8 Å². The van der Waals surface area contributed by atoms with Crippen molar-refractivity contribution in [2.24, 2.45) is 0 Å². The third kappa shape index (κ3) is 6.23. The van der Waals surface area contributed by atoms with Crippen LogP contribution < -0.4 is 10.6 Å².